The lowest BCUT2D eigenvalue weighted by Gasteiger charge is -2.20. The molecule has 0 unspecified atom stereocenters. The van der Waals surface area contributed by atoms with Crippen LogP contribution in [0, 0.1) is 0 Å². The highest BCUT2D eigenvalue weighted by molar-refractivity contribution is 5.95. The van der Waals surface area contributed by atoms with Crippen molar-refractivity contribution < 1.29 is 9.53 Å². The molecular weight excluding hydrogens is 318 g/mol. The van der Waals surface area contributed by atoms with Crippen molar-refractivity contribution in [3.05, 3.63) is 41.9 Å². The van der Waals surface area contributed by atoms with Crippen molar-refractivity contribution >= 4 is 22.8 Å². The molecule has 2 aromatic heterocycles. The maximum Gasteiger partial charge on any atom is 0.255 e. The number of ether oxygens (including phenoxy) is 1. The van der Waals surface area contributed by atoms with Gasteiger partial charge in [-0.05, 0) is 32.4 Å². The van der Waals surface area contributed by atoms with E-state index < -0.39 is 0 Å². The number of carbonyl (C=O) groups is 1. The lowest BCUT2D eigenvalue weighted by molar-refractivity contribution is 0.0706. The molecule has 0 radical (unpaired) electrons. The van der Waals surface area contributed by atoms with Crippen LogP contribution in [0.25, 0.3) is 11.2 Å². The summed E-state index contributed by atoms with van der Waals surface area (Å²) in [6.45, 7) is 7.41. The van der Waals surface area contributed by atoms with Crippen molar-refractivity contribution in [3.63, 3.8) is 0 Å². The van der Waals surface area contributed by atoms with E-state index >= 15 is 0 Å². The second-order valence-corrected chi connectivity index (χ2v) is 5.64. The maximum atomic E-state index is 12.7. The van der Waals surface area contributed by atoms with Crippen LogP contribution in [0.1, 0.15) is 37.0 Å². The zero-order chi connectivity index (χ0) is 18.4. The van der Waals surface area contributed by atoms with Gasteiger partial charge < -0.3 is 15.4 Å². The van der Waals surface area contributed by atoms with Crippen LogP contribution in [0.3, 0.4) is 0 Å². The largest absolute Gasteiger partial charge is 0.396 e. The van der Waals surface area contributed by atoms with Crippen molar-refractivity contribution in [1.82, 2.24) is 19.5 Å². The summed E-state index contributed by atoms with van der Waals surface area (Å²) in [5.41, 5.74) is 8.46. The molecule has 0 saturated carbocycles. The summed E-state index contributed by atoms with van der Waals surface area (Å²) >= 11 is 0. The number of likely N-dealkylation sites (N-methyl/N-ethyl adjacent to an activating group) is 1. The molecule has 7 heteroatoms. The van der Waals surface area contributed by atoms with Gasteiger partial charge in [0, 0.05) is 26.4 Å². The molecule has 0 fully saturated rings. The topological polar surface area (TPSA) is 85.8 Å². The van der Waals surface area contributed by atoms with Gasteiger partial charge >= 0.3 is 0 Å². The van der Waals surface area contributed by atoms with E-state index in [1.165, 1.54) is 0 Å². The second-order valence-electron chi connectivity index (χ2n) is 5.64. The molecule has 134 valence electrons. The monoisotopic (exact) mass is 343 g/mol. The fourth-order valence-corrected chi connectivity index (χ4v) is 2.40. The van der Waals surface area contributed by atoms with E-state index in [9.17, 15) is 4.79 Å². The van der Waals surface area contributed by atoms with E-state index in [4.69, 9.17) is 10.5 Å². The number of aromatic nitrogens is 3. The number of rotatable bonds is 7. The first-order valence-corrected chi connectivity index (χ1v) is 8.25. The number of fused-ring (bicyclic) bond motifs is 1. The van der Waals surface area contributed by atoms with E-state index in [1.54, 1.807) is 28.8 Å². The molecule has 0 spiro atoms. The van der Waals surface area contributed by atoms with Crippen LogP contribution in [0.5, 0.6) is 0 Å². The Hall–Kier alpha value is -2.67. The molecule has 1 amide bonds. The first-order chi connectivity index (χ1) is 12.0. The van der Waals surface area contributed by atoms with Gasteiger partial charge in [0.2, 0.25) is 0 Å². The lowest BCUT2D eigenvalue weighted by Crippen LogP contribution is -2.33. The van der Waals surface area contributed by atoms with Gasteiger partial charge in [0.25, 0.3) is 5.91 Å². The van der Waals surface area contributed by atoms with E-state index in [2.05, 4.69) is 10.1 Å². The number of methoxy groups -OCH3 is 1. The Morgan fingerprint density at radius 2 is 2.24 bits per heavy atom. The van der Waals surface area contributed by atoms with Crippen molar-refractivity contribution in [2.24, 2.45) is 0 Å². The van der Waals surface area contributed by atoms with E-state index in [-0.39, 0.29) is 5.91 Å². The SMILES string of the molecule is C/C=C\C=C(/C)c1nc2c(N)cc(C(=O)N(CC)CCOC)cn2n1. The summed E-state index contributed by atoms with van der Waals surface area (Å²) in [6.07, 6.45) is 7.46. The molecule has 2 N–H and O–H groups in total. The summed E-state index contributed by atoms with van der Waals surface area (Å²) in [4.78, 5) is 18.9. The maximum absolute atomic E-state index is 12.7. The zero-order valence-corrected chi connectivity index (χ0v) is 15.2. The molecule has 25 heavy (non-hydrogen) atoms. The highest BCUT2D eigenvalue weighted by Gasteiger charge is 2.17. The van der Waals surface area contributed by atoms with Crippen LogP contribution in [-0.4, -0.2) is 52.2 Å². The zero-order valence-electron chi connectivity index (χ0n) is 15.2. The molecule has 0 bridgehead atoms. The van der Waals surface area contributed by atoms with Gasteiger partial charge in [0.05, 0.1) is 17.9 Å². The predicted molar refractivity (Wildman–Crippen MR) is 99.3 cm³/mol. The summed E-state index contributed by atoms with van der Waals surface area (Å²) < 4.78 is 6.62. The van der Waals surface area contributed by atoms with Crippen molar-refractivity contribution in [2.75, 3.05) is 32.5 Å². The number of hydrogen-bond acceptors (Lipinski definition) is 5. The molecule has 2 aromatic rings. The number of nitrogens with two attached hydrogens (primary N) is 1. The Labute approximate surface area is 147 Å². The Kier molecular flexibility index (Phi) is 6.30. The highest BCUT2D eigenvalue weighted by atomic mass is 16.5. The van der Waals surface area contributed by atoms with Gasteiger partial charge in [0.1, 0.15) is 0 Å². The van der Waals surface area contributed by atoms with Crippen LogP contribution in [-0.2, 0) is 4.74 Å². The minimum atomic E-state index is -0.105. The first kappa shape index (κ1) is 18.7. The number of hydrogen-bond donors (Lipinski definition) is 1. The number of nitrogens with zero attached hydrogens (tertiary/aromatic N) is 4. The summed E-state index contributed by atoms with van der Waals surface area (Å²) in [5, 5.41) is 4.44. The summed E-state index contributed by atoms with van der Waals surface area (Å²) in [6, 6.07) is 1.65. The van der Waals surface area contributed by atoms with Gasteiger partial charge in [-0.25, -0.2) is 9.50 Å². The predicted octanol–water partition coefficient (Wildman–Crippen LogP) is 2.40. The molecule has 0 saturated heterocycles. The van der Waals surface area contributed by atoms with Crippen LogP contribution in [0.15, 0.2) is 30.5 Å². The van der Waals surface area contributed by atoms with E-state index in [1.807, 2.05) is 39.0 Å². The minimum absolute atomic E-state index is 0.105. The summed E-state index contributed by atoms with van der Waals surface area (Å²) in [7, 11) is 1.61. The van der Waals surface area contributed by atoms with Gasteiger partial charge in [-0.1, -0.05) is 18.2 Å². The molecule has 0 aromatic carbocycles. The lowest BCUT2D eigenvalue weighted by atomic mass is 10.2. The van der Waals surface area contributed by atoms with Crippen molar-refractivity contribution in [3.8, 4) is 0 Å². The molecular formula is C18H25N5O2. The van der Waals surface area contributed by atoms with E-state index in [0.29, 0.717) is 42.4 Å². The summed E-state index contributed by atoms with van der Waals surface area (Å²) in [5.74, 6) is 0.479. The molecule has 0 aliphatic heterocycles. The molecule has 7 nitrogen and oxygen atoms in total. The molecule has 0 atom stereocenters. The smallest absolute Gasteiger partial charge is 0.255 e. The quantitative estimate of drug-likeness (QED) is 0.780. The Bertz CT molecular complexity index is 807. The average Bonchev–Trinajstić information content (AvgIpc) is 3.05. The fourth-order valence-electron chi connectivity index (χ4n) is 2.40. The fraction of sp³-hybridized carbons (Fsp3) is 0.389. The molecule has 2 rings (SSSR count). The number of allylic oxidation sites excluding steroid dienone is 4. The average molecular weight is 343 g/mol. The Morgan fingerprint density at radius 1 is 1.48 bits per heavy atom. The van der Waals surface area contributed by atoms with Crippen molar-refractivity contribution in [1.29, 1.82) is 0 Å². The highest BCUT2D eigenvalue weighted by Crippen LogP contribution is 2.18. The van der Waals surface area contributed by atoms with E-state index in [0.717, 1.165) is 5.57 Å². The third-order valence-electron chi connectivity index (χ3n) is 3.83. The number of amides is 1. The standard InChI is InChI=1S/C18H25N5O2/c1-5-7-8-13(3)16-20-17-15(19)11-14(12-23(17)21-16)18(24)22(6-2)9-10-25-4/h5,7-8,11-12H,6,9-10,19H2,1-4H3/b7-5-,13-8+. The molecule has 2 heterocycles. The van der Waals surface area contributed by atoms with Crippen LogP contribution in [0.4, 0.5) is 5.69 Å². The first-order valence-electron chi connectivity index (χ1n) is 8.25. The number of pyridine rings is 1. The number of nitrogen functional groups attached to an aromatic ring is 1. The second kappa shape index (κ2) is 8.43. The molecule has 0 aliphatic carbocycles. The third kappa shape index (κ3) is 4.24. The van der Waals surface area contributed by atoms with Gasteiger partial charge in [-0.2, -0.15) is 0 Å². The third-order valence-corrected chi connectivity index (χ3v) is 3.83. The van der Waals surface area contributed by atoms with Crippen LogP contribution in [0.2, 0.25) is 0 Å². The normalized spacial score (nSPS) is 12.2. The van der Waals surface area contributed by atoms with Gasteiger partial charge in [-0.3, -0.25) is 4.79 Å². The Balaban J connectivity index is 2.39. The van der Waals surface area contributed by atoms with Gasteiger partial charge in [0.15, 0.2) is 11.5 Å². The number of carbonyl (C=O) groups excluding carboxylic acids is 1. The minimum Gasteiger partial charge on any atom is -0.396 e. The molecule has 0 aliphatic rings. The Morgan fingerprint density at radius 3 is 2.88 bits per heavy atom. The van der Waals surface area contributed by atoms with Crippen molar-refractivity contribution in [2.45, 2.75) is 20.8 Å². The number of anilines is 1. The van der Waals surface area contributed by atoms with Crippen LogP contribution >= 0.6 is 0 Å². The van der Waals surface area contributed by atoms with Crippen LogP contribution < -0.4 is 5.73 Å². The van der Waals surface area contributed by atoms with Gasteiger partial charge in [-0.15, -0.1) is 5.10 Å².